The second-order valence-electron chi connectivity index (χ2n) is 5.42. The van der Waals surface area contributed by atoms with Crippen molar-refractivity contribution in [2.45, 2.75) is 20.0 Å². The third-order valence-corrected chi connectivity index (χ3v) is 3.85. The van der Waals surface area contributed by atoms with Gasteiger partial charge in [0, 0.05) is 7.05 Å². The van der Waals surface area contributed by atoms with Gasteiger partial charge in [0.05, 0.1) is 5.52 Å². The van der Waals surface area contributed by atoms with Gasteiger partial charge in [-0.2, -0.15) is 0 Å². The van der Waals surface area contributed by atoms with Crippen molar-refractivity contribution in [1.29, 1.82) is 0 Å². The van der Waals surface area contributed by atoms with E-state index in [0.29, 0.717) is 11.1 Å². The molecular weight excluding hydrogens is 266 g/mol. The summed E-state index contributed by atoms with van der Waals surface area (Å²) in [5, 5.41) is 10.6. The molecule has 0 fully saturated rings. The number of hydrogen-bond acceptors (Lipinski definition) is 3. The lowest BCUT2D eigenvalue weighted by atomic mass is 9.96. The molecule has 4 heteroatoms. The number of aryl methyl sites for hydroxylation is 3. The lowest BCUT2D eigenvalue weighted by Gasteiger charge is -2.14. The van der Waals surface area contributed by atoms with Gasteiger partial charge >= 0.3 is 5.76 Å². The molecule has 0 radical (unpaired) electrons. The Morgan fingerprint density at radius 1 is 1.14 bits per heavy atom. The number of aliphatic hydroxyl groups is 1. The van der Waals surface area contributed by atoms with E-state index in [0.717, 1.165) is 22.2 Å². The van der Waals surface area contributed by atoms with Gasteiger partial charge in [-0.15, -0.1) is 0 Å². The van der Waals surface area contributed by atoms with Gasteiger partial charge in [-0.05, 0) is 42.7 Å². The Morgan fingerprint density at radius 3 is 2.62 bits per heavy atom. The minimum Gasteiger partial charge on any atom is -0.408 e. The molecule has 0 aliphatic carbocycles. The molecule has 0 aliphatic heterocycles. The molecule has 1 heterocycles. The van der Waals surface area contributed by atoms with Gasteiger partial charge in [0.25, 0.3) is 0 Å². The summed E-state index contributed by atoms with van der Waals surface area (Å²) in [5.41, 5.74) is 4.98. The van der Waals surface area contributed by atoms with Crippen LogP contribution in [-0.2, 0) is 7.05 Å². The third kappa shape index (κ3) is 2.28. The Hall–Kier alpha value is -2.33. The highest BCUT2D eigenvalue weighted by molar-refractivity contribution is 5.74. The molecule has 0 amide bonds. The van der Waals surface area contributed by atoms with E-state index in [2.05, 4.69) is 0 Å². The van der Waals surface area contributed by atoms with Crippen molar-refractivity contribution < 1.29 is 9.52 Å². The Bertz CT molecular complexity index is 873. The number of nitrogens with zero attached hydrogens (tertiary/aromatic N) is 1. The molecule has 0 bridgehead atoms. The summed E-state index contributed by atoms with van der Waals surface area (Å²) in [5.74, 6) is -0.400. The molecule has 0 saturated carbocycles. The predicted molar refractivity (Wildman–Crippen MR) is 81.4 cm³/mol. The van der Waals surface area contributed by atoms with E-state index in [-0.39, 0.29) is 0 Å². The standard InChI is InChI=1S/C17H17NO3/c1-10-4-6-13(11(2)8-10)16(19)12-5-7-14-15(9-12)21-17(20)18(14)3/h4-9,16,19H,1-3H3. The number of fused-ring (bicyclic) bond motifs is 1. The van der Waals surface area contributed by atoms with Crippen molar-refractivity contribution >= 4 is 11.1 Å². The first-order valence-electron chi connectivity index (χ1n) is 6.82. The molecule has 4 nitrogen and oxygen atoms in total. The molecule has 1 aromatic heterocycles. The topological polar surface area (TPSA) is 55.4 Å². The van der Waals surface area contributed by atoms with Gasteiger partial charge in [-0.1, -0.05) is 29.8 Å². The van der Waals surface area contributed by atoms with Crippen molar-refractivity contribution in [1.82, 2.24) is 4.57 Å². The van der Waals surface area contributed by atoms with Crippen molar-refractivity contribution in [3.8, 4) is 0 Å². The van der Waals surface area contributed by atoms with Gasteiger partial charge in [0.2, 0.25) is 0 Å². The van der Waals surface area contributed by atoms with E-state index in [1.807, 2.05) is 38.1 Å². The number of hydrogen-bond donors (Lipinski definition) is 1. The average Bonchev–Trinajstić information content (AvgIpc) is 2.73. The summed E-state index contributed by atoms with van der Waals surface area (Å²) in [4.78, 5) is 11.5. The second kappa shape index (κ2) is 4.90. The zero-order chi connectivity index (χ0) is 15.1. The van der Waals surface area contributed by atoms with Crippen molar-refractivity contribution in [3.63, 3.8) is 0 Å². The highest BCUT2D eigenvalue weighted by atomic mass is 16.4. The quantitative estimate of drug-likeness (QED) is 0.787. The first-order chi connectivity index (χ1) is 9.97. The molecular formula is C17H17NO3. The molecule has 0 spiro atoms. The van der Waals surface area contributed by atoms with E-state index >= 15 is 0 Å². The van der Waals surface area contributed by atoms with Crippen LogP contribution in [0.4, 0.5) is 0 Å². The van der Waals surface area contributed by atoms with Crippen LogP contribution in [0.2, 0.25) is 0 Å². The van der Waals surface area contributed by atoms with Crippen LogP contribution >= 0.6 is 0 Å². The largest absolute Gasteiger partial charge is 0.419 e. The summed E-state index contributed by atoms with van der Waals surface area (Å²) < 4.78 is 6.62. The average molecular weight is 283 g/mol. The first-order valence-corrected chi connectivity index (χ1v) is 6.82. The molecule has 3 aromatic rings. The summed E-state index contributed by atoms with van der Waals surface area (Å²) >= 11 is 0. The fraction of sp³-hybridized carbons (Fsp3) is 0.235. The van der Waals surface area contributed by atoms with Crippen molar-refractivity contribution in [2.24, 2.45) is 7.05 Å². The van der Waals surface area contributed by atoms with Crippen LogP contribution in [0.1, 0.15) is 28.4 Å². The van der Waals surface area contributed by atoms with Gasteiger partial charge in [0.15, 0.2) is 5.58 Å². The van der Waals surface area contributed by atoms with Crippen LogP contribution in [0.5, 0.6) is 0 Å². The molecule has 21 heavy (non-hydrogen) atoms. The van der Waals surface area contributed by atoms with Gasteiger partial charge < -0.3 is 9.52 Å². The number of benzene rings is 2. The molecule has 1 unspecified atom stereocenters. The number of rotatable bonds is 2. The zero-order valence-electron chi connectivity index (χ0n) is 12.3. The molecule has 2 aromatic carbocycles. The Kier molecular flexibility index (Phi) is 3.18. The van der Waals surface area contributed by atoms with E-state index in [1.165, 1.54) is 4.57 Å². The smallest absolute Gasteiger partial charge is 0.408 e. The van der Waals surface area contributed by atoms with Crippen LogP contribution in [0.3, 0.4) is 0 Å². The molecule has 3 rings (SSSR count). The van der Waals surface area contributed by atoms with Crippen LogP contribution in [0, 0.1) is 13.8 Å². The van der Waals surface area contributed by atoms with Gasteiger partial charge in [-0.3, -0.25) is 4.57 Å². The van der Waals surface area contributed by atoms with Crippen LogP contribution in [0.15, 0.2) is 45.6 Å². The van der Waals surface area contributed by atoms with Crippen LogP contribution in [0.25, 0.3) is 11.1 Å². The molecule has 1 atom stereocenters. The molecule has 0 saturated heterocycles. The van der Waals surface area contributed by atoms with Gasteiger partial charge in [-0.25, -0.2) is 4.79 Å². The minimum absolute atomic E-state index is 0.400. The first kappa shape index (κ1) is 13.6. The maximum absolute atomic E-state index is 11.5. The highest BCUT2D eigenvalue weighted by Gasteiger charge is 2.15. The highest BCUT2D eigenvalue weighted by Crippen LogP contribution is 2.27. The summed E-state index contributed by atoms with van der Waals surface area (Å²) in [7, 11) is 1.66. The normalized spacial score (nSPS) is 12.8. The number of oxazole rings is 1. The fourth-order valence-corrected chi connectivity index (χ4v) is 2.63. The molecule has 1 N–H and O–H groups in total. The number of aliphatic hydroxyl groups excluding tert-OH is 1. The van der Waals surface area contributed by atoms with E-state index in [4.69, 9.17) is 4.42 Å². The van der Waals surface area contributed by atoms with Crippen molar-refractivity contribution in [3.05, 3.63) is 69.2 Å². The van der Waals surface area contributed by atoms with E-state index in [1.54, 1.807) is 19.2 Å². The van der Waals surface area contributed by atoms with Gasteiger partial charge in [0.1, 0.15) is 6.10 Å². The molecule has 0 aliphatic rings. The zero-order valence-corrected chi connectivity index (χ0v) is 12.3. The predicted octanol–water partition coefficient (Wildman–Crippen LogP) is 2.83. The Morgan fingerprint density at radius 2 is 1.90 bits per heavy atom. The molecule has 108 valence electrons. The summed E-state index contributed by atoms with van der Waals surface area (Å²) in [6, 6.07) is 11.3. The van der Waals surface area contributed by atoms with E-state index < -0.39 is 11.9 Å². The third-order valence-electron chi connectivity index (χ3n) is 3.85. The Labute approximate surface area is 122 Å². The second-order valence-corrected chi connectivity index (χ2v) is 5.42. The summed E-state index contributed by atoms with van der Waals surface area (Å²) in [6.45, 7) is 4.00. The lowest BCUT2D eigenvalue weighted by molar-refractivity contribution is 0.219. The van der Waals surface area contributed by atoms with Crippen LogP contribution < -0.4 is 5.76 Å². The van der Waals surface area contributed by atoms with Crippen molar-refractivity contribution in [2.75, 3.05) is 0 Å². The minimum atomic E-state index is -0.736. The van der Waals surface area contributed by atoms with Crippen LogP contribution in [-0.4, -0.2) is 9.67 Å². The number of aromatic nitrogens is 1. The Balaban J connectivity index is 2.09. The summed E-state index contributed by atoms with van der Waals surface area (Å²) in [6.07, 6.45) is -0.736. The maximum Gasteiger partial charge on any atom is 0.419 e. The SMILES string of the molecule is Cc1ccc(C(O)c2ccc3c(c2)oc(=O)n3C)c(C)c1. The monoisotopic (exact) mass is 283 g/mol. The maximum atomic E-state index is 11.5. The fourth-order valence-electron chi connectivity index (χ4n) is 2.63. The lowest BCUT2D eigenvalue weighted by Crippen LogP contribution is -2.08. The van der Waals surface area contributed by atoms with E-state index in [9.17, 15) is 9.90 Å².